The van der Waals surface area contributed by atoms with Gasteiger partial charge in [-0.2, -0.15) is 0 Å². The number of unbranched alkanes of at least 4 members (excludes halogenated alkanes) is 1. The lowest BCUT2D eigenvalue weighted by molar-refractivity contribution is -0.146. The van der Waals surface area contributed by atoms with Crippen LogP contribution in [-0.4, -0.2) is 30.8 Å². The van der Waals surface area contributed by atoms with Crippen LogP contribution < -0.4 is 5.73 Å². The molecule has 0 saturated heterocycles. The first-order valence-electron chi connectivity index (χ1n) is 3.27. The molecule has 0 unspecified atom stereocenters. The van der Waals surface area contributed by atoms with Crippen LogP contribution in [0.25, 0.3) is 0 Å². The molecule has 0 aromatic carbocycles. The second-order valence-electron chi connectivity index (χ2n) is 1.87. The summed E-state index contributed by atoms with van der Waals surface area (Å²) >= 11 is 0. The monoisotopic (exact) mass is 147 g/mol. The second kappa shape index (κ2) is 6.51. The van der Waals surface area contributed by atoms with Crippen LogP contribution in [0.2, 0.25) is 0 Å². The van der Waals surface area contributed by atoms with Gasteiger partial charge in [0, 0.05) is 0 Å². The molecule has 0 radical (unpaired) electrons. The summed E-state index contributed by atoms with van der Waals surface area (Å²) in [6.07, 6.45) is 1.61. The highest BCUT2D eigenvalue weighted by Crippen LogP contribution is 1.87. The average molecular weight is 147 g/mol. The number of rotatable bonds is 5. The first kappa shape index (κ1) is 9.39. The minimum Gasteiger partial charge on any atom is -0.464 e. The van der Waals surface area contributed by atoms with Crippen molar-refractivity contribution in [2.24, 2.45) is 5.73 Å². The Morgan fingerprint density at radius 3 is 2.70 bits per heavy atom. The third kappa shape index (κ3) is 5.53. The first-order valence-corrected chi connectivity index (χ1v) is 3.27. The Kier molecular flexibility index (Phi) is 6.11. The Hall–Kier alpha value is -0.610. The van der Waals surface area contributed by atoms with E-state index in [1.807, 2.05) is 0 Å². The van der Waals surface area contributed by atoms with Crippen LogP contribution in [0, 0.1) is 0 Å². The SMILES string of the molecule is NCCCCOC(=O)CO. The first-order chi connectivity index (χ1) is 4.81. The van der Waals surface area contributed by atoms with Crippen LogP contribution >= 0.6 is 0 Å². The molecular weight excluding hydrogens is 134 g/mol. The van der Waals surface area contributed by atoms with Gasteiger partial charge in [-0.3, -0.25) is 0 Å². The maximum absolute atomic E-state index is 10.3. The fraction of sp³-hybridized carbons (Fsp3) is 0.833. The standard InChI is InChI=1S/C6H13NO3/c7-3-1-2-4-10-6(9)5-8/h8H,1-5,7H2. The number of aliphatic hydroxyl groups excluding tert-OH is 1. The van der Waals surface area contributed by atoms with E-state index in [0.29, 0.717) is 13.2 Å². The van der Waals surface area contributed by atoms with E-state index in [0.717, 1.165) is 12.8 Å². The van der Waals surface area contributed by atoms with Crippen molar-refractivity contribution in [3.05, 3.63) is 0 Å². The number of ether oxygens (including phenoxy) is 1. The van der Waals surface area contributed by atoms with Crippen LogP contribution in [-0.2, 0) is 9.53 Å². The maximum Gasteiger partial charge on any atom is 0.331 e. The molecule has 0 aliphatic carbocycles. The molecule has 0 atom stereocenters. The van der Waals surface area contributed by atoms with Crippen molar-refractivity contribution in [3.8, 4) is 0 Å². The van der Waals surface area contributed by atoms with Gasteiger partial charge in [-0.1, -0.05) is 0 Å². The summed E-state index contributed by atoms with van der Waals surface area (Å²) in [5.41, 5.74) is 5.19. The Bertz CT molecular complexity index is 95.0. The van der Waals surface area contributed by atoms with Gasteiger partial charge in [0.25, 0.3) is 0 Å². The lowest BCUT2D eigenvalue weighted by Crippen LogP contribution is -2.10. The lowest BCUT2D eigenvalue weighted by atomic mass is 10.3. The molecule has 0 fully saturated rings. The van der Waals surface area contributed by atoms with E-state index in [1.54, 1.807) is 0 Å². The molecule has 0 saturated carbocycles. The van der Waals surface area contributed by atoms with Gasteiger partial charge in [0.1, 0.15) is 6.61 Å². The van der Waals surface area contributed by atoms with Crippen molar-refractivity contribution in [2.45, 2.75) is 12.8 Å². The molecule has 0 aromatic rings. The number of hydrogen-bond acceptors (Lipinski definition) is 4. The molecule has 4 heteroatoms. The van der Waals surface area contributed by atoms with Gasteiger partial charge in [-0.15, -0.1) is 0 Å². The molecule has 0 amide bonds. The lowest BCUT2D eigenvalue weighted by Gasteiger charge is -2.00. The van der Waals surface area contributed by atoms with E-state index >= 15 is 0 Å². The normalized spacial score (nSPS) is 9.40. The predicted molar refractivity (Wildman–Crippen MR) is 36.3 cm³/mol. The predicted octanol–water partition coefficient (Wildman–Crippen LogP) is -0.739. The summed E-state index contributed by atoms with van der Waals surface area (Å²) in [4.78, 5) is 10.3. The Labute approximate surface area is 60.0 Å². The largest absolute Gasteiger partial charge is 0.464 e. The second-order valence-corrected chi connectivity index (χ2v) is 1.87. The number of carbonyl (C=O) groups is 1. The van der Waals surface area contributed by atoms with Gasteiger partial charge in [0.15, 0.2) is 0 Å². The highest BCUT2D eigenvalue weighted by Gasteiger charge is 1.96. The van der Waals surface area contributed by atoms with Gasteiger partial charge in [-0.05, 0) is 19.4 Å². The Morgan fingerprint density at radius 1 is 1.50 bits per heavy atom. The van der Waals surface area contributed by atoms with Crippen molar-refractivity contribution in [2.75, 3.05) is 19.8 Å². The smallest absolute Gasteiger partial charge is 0.331 e. The summed E-state index contributed by atoms with van der Waals surface area (Å²) < 4.78 is 4.55. The minimum absolute atomic E-state index is 0.358. The van der Waals surface area contributed by atoms with Crippen molar-refractivity contribution in [1.29, 1.82) is 0 Å². The van der Waals surface area contributed by atoms with Crippen LogP contribution in [0.5, 0.6) is 0 Å². The Balaban J connectivity index is 2.96. The number of aliphatic hydroxyl groups is 1. The van der Waals surface area contributed by atoms with Crippen LogP contribution in [0.3, 0.4) is 0 Å². The van der Waals surface area contributed by atoms with E-state index < -0.39 is 12.6 Å². The fourth-order valence-electron chi connectivity index (χ4n) is 0.478. The molecule has 60 valence electrons. The van der Waals surface area contributed by atoms with E-state index in [9.17, 15) is 4.79 Å². The number of nitrogens with two attached hydrogens (primary N) is 1. The van der Waals surface area contributed by atoms with Crippen molar-refractivity contribution in [3.63, 3.8) is 0 Å². The molecule has 4 nitrogen and oxygen atoms in total. The van der Waals surface area contributed by atoms with E-state index in [1.165, 1.54) is 0 Å². The van der Waals surface area contributed by atoms with Gasteiger partial charge in [0.2, 0.25) is 0 Å². The molecule has 0 rings (SSSR count). The maximum atomic E-state index is 10.3. The number of hydrogen-bond donors (Lipinski definition) is 2. The van der Waals surface area contributed by atoms with Gasteiger partial charge in [0.05, 0.1) is 6.61 Å². The number of esters is 1. The van der Waals surface area contributed by atoms with Gasteiger partial charge in [-0.25, -0.2) is 4.79 Å². The van der Waals surface area contributed by atoms with Crippen LogP contribution in [0.4, 0.5) is 0 Å². The van der Waals surface area contributed by atoms with E-state index in [4.69, 9.17) is 10.8 Å². The molecule has 0 aromatic heterocycles. The summed E-state index contributed by atoms with van der Waals surface area (Å²) in [6, 6.07) is 0. The van der Waals surface area contributed by atoms with E-state index in [2.05, 4.69) is 4.74 Å². The zero-order valence-corrected chi connectivity index (χ0v) is 5.88. The quantitative estimate of drug-likeness (QED) is 0.397. The minimum atomic E-state index is -0.572. The summed E-state index contributed by atoms with van der Waals surface area (Å²) in [6.45, 7) is 0.426. The van der Waals surface area contributed by atoms with Crippen molar-refractivity contribution in [1.82, 2.24) is 0 Å². The molecule has 3 N–H and O–H groups in total. The van der Waals surface area contributed by atoms with Gasteiger partial charge >= 0.3 is 5.97 Å². The summed E-state index contributed by atoms with van der Waals surface area (Å²) in [5.74, 6) is -0.572. The van der Waals surface area contributed by atoms with Crippen molar-refractivity contribution >= 4 is 5.97 Å². The molecule has 0 heterocycles. The van der Waals surface area contributed by atoms with Gasteiger partial charge < -0.3 is 15.6 Å². The molecule has 0 spiro atoms. The molecule has 0 bridgehead atoms. The Morgan fingerprint density at radius 2 is 2.20 bits per heavy atom. The van der Waals surface area contributed by atoms with Crippen molar-refractivity contribution < 1.29 is 14.6 Å². The summed E-state index contributed by atoms with van der Waals surface area (Å²) in [7, 11) is 0. The highest BCUT2D eigenvalue weighted by atomic mass is 16.5. The summed E-state index contributed by atoms with van der Waals surface area (Å²) in [5, 5.41) is 8.19. The van der Waals surface area contributed by atoms with E-state index in [-0.39, 0.29) is 0 Å². The molecule has 10 heavy (non-hydrogen) atoms. The fourth-order valence-corrected chi connectivity index (χ4v) is 0.478. The van der Waals surface area contributed by atoms with Crippen LogP contribution in [0.1, 0.15) is 12.8 Å². The molecule has 0 aliphatic rings. The highest BCUT2D eigenvalue weighted by molar-refractivity contribution is 5.70. The zero-order chi connectivity index (χ0) is 7.82. The third-order valence-electron chi connectivity index (χ3n) is 0.991. The van der Waals surface area contributed by atoms with Crippen LogP contribution in [0.15, 0.2) is 0 Å². The molecule has 0 aliphatic heterocycles. The molecular formula is C6H13NO3. The average Bonchev–Trinajstić information content (AvgIpc) is 1.98. The number of carbonyl (C=O) groups excluding carboxylic acids is 1. The topological polar surface area (TPSA) is 72.5 Å². The zero-order valence-electron chi connectivity index (χ0n) is 5.88. The third-order valence-corrected chi connectivity index (χ3v) is 0.991.